The predicted molar refractivity (Wildman–Crippen MR) is 415 cm³/mol. The summed E-state index contributed by atoms with van der Waals surface area (Å²) in [4.78, 5) is 113. The van der Waals surface area contributed by atoms with Crippen LogP contribution in [0, 0.1) is 48.6 Å². The Bertz CT molecular complexity index is 4990. The number of aliphatic hydroxyl groups is 2. The molecule has 112 heavy (non-hydrogen) atoms. The van der Waals surface area contributed by atoms with Crippen molar-refractivity contribution in [1.82, 2.24) is 36.4 Å². The van der Waals surface area contributed by atoms with Crippen molar-refractivity contribution in [3.63, 3.8) is 0 Å². The summed E-state index contributed by atoms with van der Waals surface area (Å²) < 4.78 is 34.1. The number of benzene rings is 7. The molecule has 3 aliphatic rings. The molecule has 582 valence electrons. The van der Waals surface area contributed by atoms with Crippen molar-refractivity contribution in [1.29, 1.82) is 0 Å². The first-order valence-electron chi connectivity index (χ1n) is 37.4. The molecule has 0 radical (unpaired) electrons. The molecule has 3 aliphatic carbocycles. The fourth-order valence-corrected chi connectivity index (χ4v) is 14.4. The second kappa shape index (κ2) is 38.4. The maximum atomic E-state index is 13.4. The van der Waals surface area contributed by atoms with E-state index in [1.54, 1.807) is 92.1 Å². The number of carbonyl (C=O) groups is 7. The van der Waals surface area contributed by atoms with Crippen LogP contribution < -0.4 is 35.6 Å². The van der Waals surface area contributed by atoms with Gasteiger partial charge >= 0.3 is 17.9 Å². The molecule has 3 fully saturated rings. The standard InChI is InChI=1S/C34H33N3O8.C27H30N2O5.C25H27N3O5/c1-3-43-34(40)28-8-6-10-30(45-33(39)23-11-15-25(16-12-23)37(41)42)31(28)36-32(38)22-13-17-26(18-14-22)44-20-24-19-21(2)35-29-9-5-4-7-27(24)29;1-3-33-27(32)22-8-6-10-24(30)25(22)29-26(31)18-11-13-20(14-12-18)34-16-19-15-17(2)28-23-9-5-4-7-21(19)23;1-15-13-17(19-5-2-3-7-21(19)26-15)14-33-18-11-9-16(10-12-18)24(30)27-23-20(25(31)28-32)6-4-8-22(23)29/h4-5,7,9,11-19,28,30-31H,3,6,8,10,20H2,1-2H3,(H,36,38);4-5,7,9,11-15,22,24-25,30H,3,6,8,10,16H2,1-2H3,(H,29,31);2-3,5,7,9-13,20,22-23,29,32H,4,6,8,14H2,1H3,(H,27,30)(H,28,31)/t28-,30-,31?;22-,24+,25?;20-,22-,23?/m000/s1. The number of para-hydroxylation sites is 3. The second-order valence-electron chi connectivity index (χ2n) is 27.7. The predicted octanol–water partition coefficient (Wildman–Crippen LogP) is 12.5. The lowest BCUT2D eigenvalue weighted by Crippen LogP contribution is -2.54. The molecule has 7 aromatic carbocycles. The van der Waals surface area contributed by atoms with Gasteiger partial charge in [-0.05, 0) is 214 Å². The van der Waals surface area contributed by atoms with Gasteiger partial charge in [-0.1, -0.05) is 54.6 Å². The Morgan fingerprint density at radius 1 is 0.446 bits per heavy atom. The second-order valence-corrected chi connectivity index (χ2v) is 27.7. The fraction of sp³-hybridized carbons (Fsp3) is 0.326. The number of aliphatic hydroxyl groups excluding tert-OH is 2. The topological polar surface area (TPSA) is 365 Å². The third-order valence-corrected chi connectivity index (χ3v) is 20.0. The average molecular weight is 1520 g/mol. The highest BCUT2D eigenvalue weighted by molar-refractivity contribution is 5.97. The SMILES string of the molecule is CCOC(=O)[C@H]1CCC[C@@H](O)C1NC(=O)c1ccc(OCc2cc(C)nc3ccccc23)cc1.CCOC(=O)[C@H]1CCC[C@H](OC(=O)c2ccc([N+](=O)[O-])cc2)C1NC(=O)c1ccc(OCc2cc(C)nc3ccccc23)cc1.Cc1cc(COc2ccc(C(=O)NC3[C@@H](C(=O)NO)CCC[C@@H]3O)cc2)c2ccccc2n1. The van der Waals surface area contributed by atoms with Crippen LogP contribution in [0.3, 0.4) is 0 Å². The molecule has 26 nitrogen and oxygen atoms in total. The van der Waals surface area contributed by atoms with Gasteiger partial charge in [0.2, 0.25) is 5.91 Å². The number of non-ortho nitro benzene ring substituents is 1. The van der Waals surface area contributed by atoms with Crippen molar-refractivity contribution >= 4 is 79.9 Å². The first kappa shape index (κ1) is 80.7. The molecule has 7 N–H and O–H groups in total. The summed E-state index contributed by atoms with van der Waals surface area (Å²) in [7, 11) is 0. The molecule has 0 aliphatic heterocycles. The lowest BCUT2D eigenvalue weighted by atomic mass is 9.82. The Balaban J connectivity index is 0.000000169. The molecule has 13 rings (SSSR count). The van der Waals surface area contributed by atoms with Crippen LogP contribution in [-0.2, 0) is 48.4 Å². The summed E-state index contributed by atoms with van der Waals surface area (Å²) in [5.41, 5.74) is 11.3. The highest BCUT2D eigenvalue weighted by atomic mass is 16.6. The zero-order valence-corrected chi connectivity index (χ0v) is 62.7. The van der Waals surface area contributed by atoms with E-state index in [9.17, 15) is 53.9 Å². The number of nitro groups is 1. The van der Waals surface area contributed by atoms with Gasteiger partial charge in [0.25, 0.3) is 23.4 Å². The monoisotopic (exact) mass is 1520 g/mol. The Labute approximate surface area is 646 Å². The minimum atomic E-state index is -0.855. The van der Waals surface area contributed by atoms with E-state index in [4.69, 9.17) is 33.6 Å². The molecule has 3 aromatic heterocycles. The molecule has 9 atom stereocenters. The number of nitro benzene ring substituents is 1. The lowest BCUT2D eigenvalue weighted by molar-refractivity contribution is -0.384. The number of hydrogen-bond acceptors (Lipinski definition) is 21. The third-order valence-electron chi connectivity index (χ3n) is 20.0. The molecule has 3 heterocycles. The van der Waals surface area contributed by atoms with Crippen molar-refractivity contribution in [2.45, 2.75) is 149 Å². The summed E-state index contributed by atoms with van der Waals surface area (Å²) >= 11 is 0. The molecular weight excluding hydrogens is 1430 g/mol. The third kappa shape index (κ3) is 20.8. The number of hydrogen-bond donors (Lipinski definition) is 7. The average Bonchev–Trinajstić information content (AvgIpc) is 0.839. The van der Waals surface area contributed by atoms with Crippen LogP contribution in [0.2, 0.25) is 0 Å². The van der Waals surface area contributed by atoms with Gasteiger partial charge in [-0.3, -0.25) is 59.0 Å². The van der Waals surface area contributed by atoms with Crippen LogP contribution in [0.4, 0.5) is 5.69 Å². The van der Waals surface area contributed by atoms with Gasteiger partial charge in [0.1, 0.15) is 43.2 Å². The maximum Gasteiger partial charge on any atom is 0.338 e. The Kier molecular flexibility index (Phi) is 27.7. The normalized spacial score (nSPS) is 19.2. The van der Waals surface area contributed by atoms with E-state index in [1.807, 2.05) is 112 Å². The lowest BCUT2D eigenvalue weighted by Gasteiger charge is -2.36. The summed E-state index contributed by atoms with van der Waals surface area (Å²) in [6.07, 6.45) is 2.42. The molecule has 10 aromatic rings. The summed E-state index contributed by atoms with van der Waals surface area (Å²) in [5.74, 6) is -3.53. The number of pyridine rings is 3. The van der Waals surface area contributed by atoms with E-state index < -0.39 is 88.8 Å². The van der Waals surface area contributed by atoms with Gasteiger partial charge in [0, 0.05) is 78.8 Å². The number of ether oxygens (including phenoxy) is 6. The molecule has 0 saturated heterocycles. The van der Waals surface area contributed by atoms with Crippen LogP contribution in [0.25, 0.3) is 32.7 Å². The number of aryl methyl sites for hydroxylation is 3. The highest BCUT2D eigenvalue weighted by Gasteiger charge is 2.43. The molecule has 0 bridgehead atoms. The number of esters is 3. The summed E-state index contributed by atoms with van der Waals surface area (Å²) in [5, 5.41) is 52.2. The number of nitrogens with zero attached hydrogens (tertiary/aromatic N) is 4. The fourth-order valence-electron chi connectivity index (χ4n) is 14.4. The summed E-state index contributed by atoms with van der Waals surface area (Å²) in [6.45, 7) is 10.8. The number of carbonyl (C=O) groups excluding carboxylic acids is 7. The van der Waals surface area contributed by atoms with Crippen LogP contribution in [0.5, 0.6) is 17.2 Å². The van der Waals surface area contributed by atoms with Gasteiger partial charge in [-0.15, -0.1) is 0 Å². The Morgan fingerprint density at radius 3 is 1.16 bits per heavy atom. The van der Waals surface area contributed by atoms with Crippen LogP contribution in [-0.4, -0.2) is 126 Å². The number of hydroxylamine groups is 1. The van der Waals surface area contributed by atoms with Gasteiger partial charge in [0.15, 0.2) is 0 Å². The van der Waals surface area contributed by atoms with Gasteiger partial charge in [0.05, 0.1) is 88.3 Å². The van der Waals surface area contributed by atoms with Crippen LogP contribution in [0.15, 0.2) is 188 Å². The molecule has 26 heteroatoms. The number of amides is 4. The molecule has 3 saturated carbocycles. The maximum absolute atomic E-state index is 13.4. The Hall–Kier alpha value is -12.3. The molecule has 3 unspecified atom stereocenters. The first-order chi connectivity index (χ1) is 54.1. The molecule has 0 spiro atoms. The zero-order chi connectivity index (χ0) is 79.4. The summed E-state index contributed by atoms with van der Waals surface area (Å²) in [6, 6.07) is 52.6. The highest BCUT2D eigenvalue weighted by Crippen LogP contribution is 2.33. The van der Waals surface area contributed by atoms with Crippen molar-refractivity contribution in [2.75, 3.05) is 13.2 Å². The van der Waals surface area contributed by atoms with Gasteiger partial charge in [-0.2, -0.15) is 0 Å². The van der Waals surface area contributed by atoms with Gasteiger partial charge < -0.3 is 54.6 Å². The van der Waals surface area contributed by atoms with E-state index in [1.165, 1.54) is 24.3 Å². The van der Waals surface area contributed by atoms with Crippen molar-refractivity contribution in [2.24, 2.45) is 17.8 Å². The quantitative estimate of drug-likeness (QED) is 0.0103. The number of nitrogens with one attached hydrogen (secondary N) is 4. The van der Waals surface area contributed by atoms with Crippen LogP contribution in [0.1, 0.15) is 147 Å². The van der Waals surface area contributed by atoms with E-state index >= 15 is 0 Å². The van der Waals surface area contributed by atoms with Crippen molar-refractivity contribution in [3.8, 4) is 17.2 Å². The number of aromatic nitrogens is 3. The molecule has 4 amide bonds. The van der Waals surface area contributed by atoms with Gasteiger partial charge in [-0.25, -0.2) is 10.3 Å². The molecular formula is C86H90N8O18. The minimum absolute atomic E-state index is 0.120. The largest absolute Gasteiger partial charge is 0.489 e. The van der Waals surface area contributed by atoms with E-state index in [2.05, 4.69) is 30.9 Å². The van der Waals surface area contributed by atoms with E-state index in [0.717, 1.165) is 72.9 Å². The van der Waals surface area contributed by atoms with Crippen LogP contribution >= 0.6 is 0 Å². The number of fused-ring (bicyclic) bond motifs is 3. The van der Waals surface area contributed by atoms with Crippen molar-refractivity contribution < 1.29 is 82.3 Å². The number of rotatable bonds is 23. The zero-order valence-electron chi connectivity index (χ0n) is 62.7. The first-order valence-corrected chi connectivity index (χ1v) is 37.4. The minimum Gasteiger partial charge on any atom is -0.489 e. The van der Waals surface area contributed by atoms with Crippen molar-refractivity contribution in [3.05, 3.63) is 254 Å². The van der Waals surface area contributed by atoms with E-state index in [0.29, 0.717) is 105 Å². The van der Waals surface area contributed by atoms with E-state index in [-0.39, 0.29) is 36.3 Å². The smallest absolute Gasteiger partial charge is 0.338 e. The Morgan fingerprint density at radius 2 is 0.786 bits per heavy atom.